The molecule has 3 aliphatic rings. The number of benzene rings is 1. The first-order valence-corrected chi connectivity index (χ1v) is 12.3. The first-order chi connectivity index (χ1) is 15.7. The van der Waals surface area contributed by atoms with Gasteiger partial charge in [-0.3, -0.25) is 4.98 Å². The minimum atomic E-state index is -0.205. The Balaban J connectivity index is 1.29. The molecule has 1 saturated carbocycles. The summed E-state index contributed by atoms with van der Waals surface area (Å²) in [4.78, 5) is 18.9. The van der Waals surface area contributed by atoms with Crippen LogP contribution in [0.15, 0.2) is 12.1 Å². The molecule has 6 nitrogen and oxygen atoms in total. The van der Waals surface area contributed by atoms with Gasteiger partial charge in [0.05, 0.1) is 25.8 Å². The smallest absolute Gasteiger partial charge is 0.409 e. The zero-order valence-corrected chi connectivity index (χ0v) is 19.2. The fraction of sp³-hybridized carbons (Fsp3) is 0.615. The first-order valence-electron chi connectivity index (χ1n) is 12.3. The molecule has 1 aliphatic heterocycles. The molecule has 0 N–H and O–H groups in total. The van der Waals surface area contributed by atoms with Crippen LogP contribution in [0.25, 0.3) is 10.9 Å². The van der Waals surface area contributed by atoms with Crippen molar-refractivity contribution in [1.82, 2.24) is 9.88 Å². The van der Waals surface area contributed by atoms with Crippen molar-refractivity contribution in [2.75, 3.05) is 33.4 Å². The molecule has 1 aromatic heterocycles. The molecule has 6 heteroatoms. The molecule has 0 radical (unpaired) electrons. The predicted molar refractivity (Wildman–Crippen MR) is 124 cm³/mol. The Morgan fingerprint density at radius 1 is 1.00 bits per heavy atom. The highest BCUT2D eigenvalue weighted by Gasteiger charge is 2.27. The van der Waals surface area contributed by atoms with Crippen LogP contribution in [0.1, 0.15) is 74.1 Å². The van der Waals surface area contributed by atoms with Crippen LogP contribution >= 0.6 is 0 Å². The lowest BCUT2D eigenvalue weighted by Gasteiger charge is -2.18. The predicted octanol–water partition coefficient (Wildman–Crippen LogP) is 5.39. The first kappa shape index (κ1) is 21.4. The quantitative estimate of drug-likeness (QED) is 0.542. The van der Waals surface area contributed by atoms with Gasteiger partial charge in [-0.1, -0.05) is 12.8 Å². The summed E-state index contributed by atoms with van der Waals surface area (Å²) in [5.41, 5.74) is 5.33. The summed E-state index contributed by atoms with van der Waals surface area (Å²) < 4.78 is 17.1. The Morgan fingerprint density at radius 3 is 2.56 bits per heavy atom. The number of carbonyl (C=O) groups excluding carboxylic acids is 1. The lowest BCUT2D eigenvalue weighted by Crippen LogP contribution is -2.28. The highest BCUT2D eigenvalue weighted by Crippen LogP contribution is 2.42. The summed E-state index contributed by atoms with van der Waals surface area (Å²) in [5.74, 6) is 2.08. The van der Waals surface area contributed by atoms with Gasteiger partial charge >= 0.3 is 6.09 Å². The van der Waals surface area contributed by atoms with Gasteiger partial charge in [-0.2, -0.15) is 0 Å². The number of likely N-dealkylation sites (tertiary alicyclic amines) is 1. The van der Waals surface area contributed by atoms with Crippen LogP contribution in [0.2, 0.25) is 0 Å². The van der Waals surface area contributed by atoms with Crippen LogP contribution in [0.5, 0.6) is 11.5 Å². The Bertz CT molecular complexity index is 978. The number of aryl methyl sites for hydroxylation is 1. The number of amides is 1. The second kappa shape index (κ2) is 9.55. The number of nitrogens with zero attached hydrogens (tertiary/aromatic N) is 2. The number of pyridine rings is 1. The SMILES string of the molecule is COc1cc2c3c(c(C4CCCC4)nc2cc1OCCCOC(=O)N1CCCC1)CCC3. The highest BCUT2D eigenvalue weighted by molar-refractivity contribution is 5.87. The molecule has 32 heavy (non-hydrogen) atoms. The molecular formula is C26H34N2O4. The molecule has 172 valence electrons. The van der Waals surface area contributed by atoms with Crippen LogP contribution in [-0.4, -0.2) is 49.4 Å². The second-order valence-electron chi connectivity index (χ2n) is 9.32. The van der Waals surface area contributed by atoms with E-state index in [4.69, 9.17) is 19.2 Å². The molecule has 0 spiro atoms. The monoisotopic (exact) mass is 438 g/mol. The van der Waals surface area contributed by atoms with Crippen LogP contribution in [-0.2, 0) is 17.6 Å². The minimum Gasteiger partial charge on any atom is -0.493 e. The van der Waals surface area contributed by atoms with Crippen molar-refractivity contribution in [3.8, 4) is 11.5 Å². The molecular weight excluding hydrogens is 404 g/mol. The fourth-order valence-electron chi connectivity index (χ4n) is 5.61. The topological polar surface area (TPSA) is 60.9 Å². The lowest BCUT2D eigenvalue weighted by molar-refractivity contribution is 0.104. The average molecular weight is 439 g/mol. The Hall–Kier alpha value is -2.50. The Kier molecular flexibility index (Phi) is 6.37. The second-order valence-corrected chi connectivity index (χ2v) is 9.32. The molecule has 2 heterocycles. The maximum absolute atomic E-state index is 12.0. The number of aromatic nitrogens is 1. The zero-order valence-electron chi connectivity index (χ0n) is 19.2. The van der Waals surface area contributed by atoms with Crippen molar-refractivity contribution in [2.45, 2.75) is 70.1 Å². The van der Waals surface area contributed by atoms with Gasteiger partial charge in [0, 0.05) is 42.6 Å². The summed E-state index contributed by atoms with van der Waals surface area (Å²) in [6.07, 6.45) is 11.2. The normalized spacial score (nSPS) is 18.3. The highest BCUT2D eigenvalue weighted by atomic mass is 16.6. The van der Waals surface area contributed by atoms with E-state index in [0.717, 1.165) is 50.0 Å². The molecule has 1 saturated heterocycles. The van der Waals surface area contributed by atoms with Gasteiger partial charge < -0.3 is 19.1 Å². The summed E-state index contributed by atoms with van der Waals surface area (Å²) in [5, 5.41) is 1.21. The van der Waals surface area contributed by atoms with E-state index >= 15 is 0 Å². The molecule has 2 fully saturated rings. The van der Waals surface area contributed by atoms with Gasteiger partial charge in [-0.05, 0) is 62.1 Å². The summed E-state index contributed by atoms with van der Waals surface area (Å²) in [7, 11) is 1.69. The van der Waals surface area contributed by atoms with Crippen molar-refractivity contribution in [1.29, 1.82) is 0 Å². The summed E-state index contributed by atoms with van der Waals surface area (Å²) >= 11 is 0. The van der Waals surface area contributed by atoms with E-state index in [-0.39, 0.29) is 6.09 Å². The van der Waals surface area contributed by atoms with Gasteiger partial charge in [0.1, 0.15) is 0 Å². The molecule has 0 unspecified atom stereocenters. The minimum absolute atomic E-state index is 0.205. The van der Waals surface area contributed by atoms with E-state index in [2.05, 4.69) is 6.07 Å². The molecule has 0 bridgehead atoms. The number of ether oxygens (including phenoxy) is 3. The van der Waals surface area contributed by atoms with E-state index < -0.39 is 0 Å². The summed E-state index contributed by atoms with van der Waals surface area (Å²) in [6, 6.07) is 4.15. The van der Waals surface area contributed by atoms with E-state index in [0.29, 0.717) is 31.3 Å². The van der Waals surface area contributed by atoms with Gasteiger partial charge in [0.25, 0.3) is 0 Å². The van der Waals surface area contributed by atoms with Gasteiger partial charge in [0.15, 0.2) is 11.5 Å². The standard InChI is InChI=1S/C26H34N2O4/c1-30-23-16-21-19-10-6-11-20(19)25(18-8-2-3-9-18)27-22(21)17-24(23)31-14-7-15-32-26(29)28-12-4-5-13-28/h16-18H,2-15H2,1H3. The van der Waals surface area contributed by atoms with Crippen LogP contribution in [0.4, 0.5) is 4.79 Å². The lowest BCUT2D eigenvalue weighted by atomic mass is 9.94. The summed E-state index contributed by atoms with van der Waals surface area (Å²) in [6.45, 7) is 2.45. The van der Waals surface area contributed by atoms with E-state index in [1.807, 2.05) is 6.07 Å². The van der Waals surface area contributed by atoms with Crippen molar-refractivity contribution >= 4 is 17.0 Å². The fourth-order valence-corrected chi connectivity index (χ4v) is 5.61. The number of carbonyl (C=O) groups is 1. The molecule has 0 atom stereocenters. The van der Waals surface area contributed by atoms with Crippen molar-refractivity contribution in [2.24, 2.45) is 0 Å². The van der Waals surface area contributed by atoms with E-state index in [9.17, 15) is 4.79 Å². The van der Waals surface area contributed by atoms with Gasteiger partial charge in [0.2, 0.25) is 0 Å². The third-order valence-corrected chi connectivity index (χ3v) is 7.25. The van der Waals surface area contributed by atoms with E-state index in [1.165, 1.54) is 54.3 Å². The van der Waals surface area contributed by atoms with Crippen LogP contribution in [0.3, 0.4) is 0 Å². The molecule has 5 rings (SSSR count). The average Bonchev–Trinajstić information content (AvgIpc) is 3.59. The van der Waals surface area contributed by atoms with Gasteiger partial charge in [-0.15, -0.1) is 0 Å². The number of fused-ring (bicyclic) bond motifs is 3. The third kappa shape index (κ3) is 4.24. The Labute approximate surface area is 190 Å². The largest absolute Gasteiger partial charge is 0.493 e. The number of hydrogen-bond donors (Lipinski definition) is 0. The maximum atomic E-state index is 12.0. The zero-order chi connectivity index (χ0) is 21.9. The molecule has 1 aromatic carbocycles. The molecule has 2 aromatic rings. The molecule has 2 aliphatic carbocycles. The number of rotatable bonds is 7. The van der Waals surface area contributed by atoms with Crippen molar-refractivity contribution in [3.05, 3.63) is 29.0 Å². The van der Waals surface area contributed by atoms with Crippen LogP contribution < -0.4 is 9.47 Å². The van der Waals surface area contributed by atoms with Gasteiger partial charge in [-0.25, -0.2) is 4.79 Å². The van der Waals surface area contributed by atoms with Crippen molar-refractivity contribution in [3.63, 3.8) is 0 Å². The Morgan fingerprint density at radius 2 is 1.78 bits per heavy atom. The third-order valence-electron chi connectivity index (χ3n) is 7.25. The molecule has 1 amide bonds. The van der Waals surface area contributed by atoms with Crippen molar-refractivity contribution < 1.29 is 19.0 Å². The number of hydrogen-bond acceptors (Lipinski definition) is 5. The van der Waals surface area contributed by atoms with E-state index in [1.54, 1.807) is 12.0 Å². The number of methoxy groups -OCH3 is 1. The maximum Gasteiger partial charge on any atom is 0.409 e. The van der Waals surface area contributed by atoms with Crippen LogP contribution in [0, 0.1) is 0 Å².